The minimum Gasteiger partial charge on any atom is -0.432 e. The fourth-order valence-corrected chi connectivity index (χ4v) is 3.65. The number of oxazole rings is 1. The first kappa shape index (κ1) is 22.3. The van der Waals surface area contributed by atoms with Gasteiger partial charge >= 0.3 is 5.84 Å². The van der Waals surface area contributed by atoms with Crippen molar-refractivity contribution in [3.8, 4) is 22.6 Å². The number of benzene rings is 1. The fraction of sp³-hybridized carbons (Fsp3) is 0.250. The minimum absolute atomic E-state index is 0.288. The molecule has 33 heavy (non-hydrogen) atoms. The van der Waals surface area contributed by atoms with Gasteiger partial charge in [-0.15, -0.1) is 0 Å². The Kier molecular flexibility index (Phi) is 7.21. The van der Waals surface area contributed by atoms with Crippen LogP contribution in [0.25, 0.3) is 28.5 Å². The van der Waals surface area contributed by atoms with Gasteiger partial charge in [0.25, 0.3) is 0 Å². The molecule has 1 aromatic carbocycles. The van der Waals surface area contributed by atoms with Gasteiger partial charge in [0.2, 0.25) is 5.95 Å². The smallest absolute Gasteiger partial charge is 0.306 e. The van der Waals surface area contributed by atoms with Gasteiger partial charge < -0.3 is 15.1 Å². The maximum atomic E-state index is 13.4. The summed E-state index contributed by atoms with van der Waals surface area (Å²) in [5, 5.41) is 6.78. The van der Waals surface area contributed by atoms with Crippen molar-refractivity contribution in [1.82, 2.24) is 24.7 Å². The highest BCUT2D eigenvalue weighted by Gasteiger charge is 2.20. The van der Waals surface area contributed by atoms with Gasteiger partial charge in [-0.1, -0.05) is 12.7 Å². The summed E-state index contributed by atoms with van der Waals surface area (Å²) in [4.78, 5) is 17.3. The summed E-state index contributed by atoms with van der Waals surface area (Å²) in [6.45, 7) is 5.38. The molecular weight excluding hydrogens is 421 g/mol. The van der Waals surface area contributed by atoms with E-state index in [2.05, 4.69) is 32.2 Å². The van der Waals surface area contributed by atoms with Crippen molar-refractivity contribution < 1.29 is 8.81 Å². The highest BCUT2D eigenvalue weighted by atomic mass is 19.1. The van der Waals surface area contributed by atoms with E-state index >= 15 is 0 Å². The van der Waals surface area contributed by atoms with Crippen molar-refractivity contribution in [2.45, 2.75) is 18.9 Å². The average molecular weight is 448 g/mol. The molecule has 8 nitrogen and oxygen atoms in total. The van der Waals surface area contributed by atoms with E-state index < -0.39 is 0 Å². The van der Waals surface area contributed by atoms with E-state index in [1.807, 2.05) is 10.5 Å². The number of fused-ring (bicyclic) bond motifs is 1. The Hall–Kier alpha value is -3.85. The maximum Gasteiger partial charge on any atom is 0.306 e. The first-order valence-corrected chi connectivity index (χ1v) is 10.7. The summed E-state index contributed by atoms with van der Waals surface area (Å²) in [7, 11) is 1.71. The van der Waals surface area contributed by atoms with Gasteiger partial charge in [0, 0.05) is 37.3 Å². The van der Waals surface area contributed by atoms with Gasteiger partial charge in [-0.3, -0.25) is 9.39 Å². The zero-order valence-corrected chi connectivity index (χ0v) is 18.4. The number of nitrogens with one attached hydrogen (secondary N) is 2. The van der Waals surface area contributed by atoms with Gasteiger partial charge in [0.15, 0.2) is 0 Å². The number of aromatic nitrogens is 4. The molecular formula is C24H26FN7O. The molecule has 0 saturated carbocycles. The van der Waals surface area contributed by atoms with Crippen LogP contribution in [-0.4, -0.2) is 51.7 Å². The third-order valence-corrected chi connectivity index (χ3v) is 5.20. The lowest BCUT2D eigenvalue weighted by atomic mass is 10.1. The van der Waals surface area contributed by atoms with Crippen molar-refractivity contribution in [1.29, 1.82) is 0 Å². The molecule has 9 heteroatoms. The van der Waals surface area contributed by atoms with Crippen LogP contribution in [0, 0.1) is 5.82 Å². The van der Waals surface area contributed by atoms with E-state index in [0.717, 1.165) is 42.9 Å². The second-order valence-electron chi connectivity index (χ2n) is 7.45. The van der Waals surface area contributed by atoms with Crippen LogP contribution in [0.4, 0.5) is 10.3 Å². The summed E-state index contributed by atoms with van der Waals surface area (Å²) in [5.41, 5.74) is 2.98. The highest BCUT2D eigenvalue weighted by molar-refractivity contribution is 5.79. The van der Waals surface area contributed by atoms with Crippen molar-refractivity contribution in [3.63, 3.8) is 0 Å². The molecule has 1 fully saturated rings. The van der Waals surface area contributed by atoms with Gasteiger partial charge in [-0.25, -0.2) is 14.4 Å². The molecule has 5 rings (SSSR count). The van der Waals surface area contributed by atoms with Crippen molar-refractivity contribution in [3.05, 3.63) is 67.5 Å². The first-order valence-electron chi connectivity index (χ1n) is 10.7. The third kappa shape index (κ3) is 5.32. The van der Waals surface area contributed by atoms with Crippen LogP contribution in [0.3, 0.4) is 0 Å². The van der Waals surface area contributed by atoms with E-state index in [0.29, 0.717) is 23.5 Å². The Morgan fingerprint density at radius 3 is 2.70 bits per heavy atom. The lowest BCUT2D eigenvalue weighted by Gasteiger charge is -2.23. The molecule has 1 saturated heterocycles. The largest absolute Gasteiger partial charge is 0.432 e. The quantitative estimate of drug-likeness (QED) is 0.445. The fourth-order valence-electron chi connectivity index (χ4n) is 3.65. The Bertz CT molecular complexity index is 1220. The van der Waals surface area contributed by atoms with Crippen LogP contribution in [0.2, 0.25) is 0 Å². The molecule has 0 bridgehead atoms. The summed E-state index contributed by atoms with van der Waals surface area (Å²) in [5.74, 6) is 0.761. The van der Waals surface area contributed by atoms with Gasteiger partial charge in [-0.2, -0.15) is 4.98 Å². The number of piperidine rings is 1. The predicted octanol–water partition coefficient (Wildman–Crippen LogP) is 4.23. The van der Waals surface area contributed by atoms with E-state index in [-0.39, 0.29) is 5.82 Å². The topological polar surface area (TPSA) is 92.6 Å². The van der Waals surface area contributed by atoms with Crippen LogP contribution < -0.4 is 10.6 Å². The number of allylic oxidation sites excluding steroid dienone is 1. The number of imidazole rings is 1. The Morgan fingerprint density at radius 2 is 2.00 bits per heavy atom. The predicted molar refractivity (Wildman–Crippen MR) is 128 cm³/mol. The number of hydrogen-bond donors (Lipinski definition) is 2. The number of anilines is 1. The van der Waals surface area contributed by atoms with Gasteiger partial charge in [0.1, 0.15) is 23.5 Å². The highest BCUT2D eigenvalue weighted by Crippen LogP contribution is 2.32. The number of hydrogen-bond acceptors (Lipinski definition) is 7. The second-order valence-corrected chi connectivity index (χ2v) is 7.45. The van der Waals surface area contributed by atoms with Crippen LogP contribution in [0.1, 0.15) is 12.8 Å². The van der Waals surface area contributed by atoms with Gasteiger partial charge in [-0.05, 0) is 56.3 Å². The van der Waals surface area contributed by atoms with Crippen LogP contribution in [0.5, 0.6) is 0 Å². The summed E-state index contributed by atoms with van der Waals surface area (Å²) in [6.07, 6.45) is 10.5. The normalized spacial score (nSPS) is 14.2. The molecule has 3 aromatic heterocycles. The summed E-state index contributed by atoms with van der Waals surface area (Å²) < 4.78 is 20.7. The standard InChI is InChI=1S/C20H19FN6O.C4H7N/c21-14-3-1-13(2-4-14)17-18(27-11-12-28-20(27)26-17)16-7-10-23-19(25-16)24-15-5-8-22-9-6-15;1-3-4-5-2/h1-4,7,10-12,15,22H,5-6,8-9H2,(H,23,24,25);3-4H,1H2,2H3. The Balaban J connectivity index is 0.000000471. The molecule has 170 valence electrons. The summed E-state index contributed by atoms with van der Waals surface area (Å²) in [6, 6.07) is 8.45. The first-order chi connectivity index (χ1) is 16.2. The van der Waals surface area contributed by atoms with E-state index in [4.69, 9.17) is 9.40 Å². The average Bonchev–Trinajstić information content (AvgIpc) is 3.43. The van der Waals surface area contributed by atoms with E-state index in [9.17, 15) is 4.39 Å². The molecule has 0 aliphatic carbocycles. The summed E-state index contributed by atoms with van der Waals surface area (Å²) >= 11 is 0. The second kappa shape index (κ2) is 10.6. The van der Waals surface area contributed by atoms with E-state index in [1.54, 1.807) is 50.1 Å². The maximum absolute atomic E-state index is 13.4. The minimum atomic E-state index is -0.288. The lowest BCUT2D eigenvalue weighted by Crippen LogP contribution is -2.35. The molecule has 4 heterocycles. The SMILES string of the molecule is C=CC=NC.Fc1ccc(-c2nc3occn3c2-c2ccnc(NC3CCNCC3)n2)cc1. The number of rotatable bonds is 5. The molecule has 4 aromatic rings. The molecule has 0 amide bonds. The zero-order chi connectivity index (χ0) is 23.0. The molecule has 2 N–H and O–H groups in total. The van der Waals surface area contributed by atoms with E-state index in [1.165, 1.54) is 12.1 Å². The molecule has 1 aliphatic rings. The number of aliphatic imine (C=N–C) groups is 1. The van der Waals surface area contributed by atoms with Gasteiger partial charge in [0.05, 0.1) is 5.69 Å². The van der Waals surface area contributed by atoms with Crippen LogP contribution in [0.15, 0.2) is 71.1 Å². The van der Waals surface area contributed by atoms with Crippen LogP contribution in [-0.2, 0) is 0 Å². The molecule has 0 spiro atoms. The van der Waals surface area contributed by atoms with Crippen molar-refractivity contribution in [2.24, 2.45) is 4.99 Å². The number of nitrogens with zero attached hydrogens (tertiary/aromatic N) is 5. The lowest BCUT2D eigenvalue weighted by molar-refractivity contribution is 0.477. The molecule has 0 radical (unpaired) electrons. The van der Waals surface area contributed by atoms with Crippen LogP contribution >= 0.6 is 0 Å². The molecule has 0 unspecified atom stereocenters. The van der Waals surface area contributed by atoms with Crippen molar-refractivity contribution in [2.75, 3.05) is 25.5 Å². The zero-order valence-electron chi connectivity index (χ0n) is 18.4. The monoisotopic (exact) mass is 447 g/mol. The Labute approximate surface area is 191 Å². The third-order valence-electron chi connectivity index (χ3n) is 5.20. The van der Waals surface area contributed by atoms with Crippen molar-refractivity contribution >= 4 is 18.0 Å². The number of halogens is 1. The Morgan fingerprint density at radius 1 is 1.21 bits per heavy atom. The molecule has 1 aliphatic heterocycles. The molecule has 0 atom stereocenters.